The third-order valence-corrected chi connectivity index (χ3v) is 4.68. The van der Waals surface area contributed by atoms with Gasteiger partial charge < -0.3 is 18.9 Å². The van der Waals surface area contributed by atoms with E-state index < -0.39 is 17.9 Å². The van der Waals surface area contributed by atoms with Gasteiger partial charge in [0.15, 0.2) is 0 Å². The lowest BCUT2D eigenvalue weighted by molar-refractivity contribution is -0.140. The van der Waals surface area contributed by atoms with Crippen LogP contribution in [0.15, 0.2) is 78.9 Å². The fourth-order valence-electron chi connectivity index (χ4n) is 2.79. The van der Waals surface area contributed by atoms with Gasteiger partial charge in [0, 0.05) is 23.1 Å². The van der Waals surface area contributed by atoms with Gasteiger partial charge in [0.1, 0.15) is 24.7 Å². The van der Waals surface area contributed by atoms with Crippen molar-refractivity contribution in [1.82, 2.24) is 0 Å². The molecule has 0 aromatic heterocycles. The van der Waals surface area contributed by atoms with E-state index >= 15 is 0 Å². The molecular formula is C28H30O7. The Hall–Kier alpha value is -4.13. The summed E-state index contributed by atoms with van der Waals surface area (Å²) in [5.41, 5.74) is 3.54. The van der Waals surface area contributed by atoms with Crippen molar-refractivity contribution < 1.29 is 33.3 Å². The molecule has 0 aliphatic rings. The van der Waals surface area contributed by atoms with Crippen molar-refractivity contribution in [3.05, 3.63) is 84.5 Å². The van der Waals surface area contributed by atoms with Gasteiger partial charge in [-0.05, 0) is 61.7 Å². The lowest BCUT2D eigenvalue weighted by atomic mass is 10.0. The fourth-order valence-corrected chi connectivity index (χ4v) is 2.79. The van der Waals surface area contributed by atoms with Gasteiger partial charge in [-0.2, -0.15) is 0 Å². The van der Waals surface area contributed by atoms with Crippen LogP contribution in [0, 0.1) is 0 Å². The number of rotatable bonds is 12. The molecule has 0 fully saturated rings. The van der Waals surface area contributed by atoms with Crippen LogP contribution in [-0.2, 0) is 30.3 Å². The van der Waals surface area contributed by atoms with Crippen molar-refractivity contribution >= 4 is 17.9 Å². The summed E-state index contributed by atoms with van der Waals surface area (Å²) >= 11 is 0. The molecule has 0 atom stereocenters. The number of benzene rings is 2. The van der Waals surface area contributed by atoms with Crippen molar-refractivity contribution in [2.75, 3.05) is 19.8 Å². The van der Waals surface area contributed by atoms with Crippen LogP contribution in [0.3, 0.4) is 0 Å². The van der Waals surface area contributed by atoms with Gasteiger partial charge >= 0.3 is 17.9 Å². The van der Waals surface area contributed by atoms with E-state index in [2.05, 4.69) is 19.7 Å². The molecule has 0 N–H and O–H groups in total. The maximum absolute atomic E-state index is 11.7. The van der Waals surface area contributed by atoms with E-state index in [1.54, 1.807) is 39.0 Å². The first-order valence-corrected chi connectivity index (χ1v) is 11.0. The maximum Gasteiger partial charge on any atom is 0.338 e. The lowest BCUT2D eigenvalue weighted by Crippen LogP contribution is -2.13. The zero-order valence-corrected chi connectivity index (χ0v) is 20.3. The van der Waals surface area contributed by atoms with Crippen molar-refractivity contribution in [2.45, 2.75) is 27.2 Å². The number of hydrogen-bond acceptors (Lipinski definition) is 7. The average Bonchev–Trinajstić information content (AvgIpc) is 2.82. The Balaban J connectivity index is 2.16. The van der Waals surface area contributed by atoms with Gasteiger partial charge in [-0.1, -0.05) is 37.9 Å². The Morgan fingerprint density at radius 2 is 1.23 bits per heavy atom. The molecule has 7 nitrogen and oxygen atoms in total. The van der Waals surface area contributed by atoms with E-state index in [-0.39, 0.29) is 19.8 Å². The summed E-state index contributed by atoms with van der Waals surface area (Å²) in [6, 6.07) is 12.7. The topological polar surface area (TPSA) is 88.1 Å². The molecule has 0 heterocycles. The van der Waals surface area contributed by atoms with Gasteiger partial charge in [0.25, 0.3) is 0 Å². The van der Waals surface area contributed by atoms with Crippen LogP contribution in [0.2, 0.25) is 0 Å². The van der Waals surface area contributed by atoms with Crippen LogP contribution in [0.25, 0.3) is 11.1 Å². The predicted octanol–water partition coefficient (Wildman–Crippen LogP) is 5.00. The minimum atomic E-state index is -0.486. The summed E-state index contributed by atoms with van der Waals surface area (Å²) in [6.45, 7) is 15.8. The van der Waals surface area contributed by atoms with Gasteiger partial charge in [0.2, 0.25) is 0 Å². The largest absolute Gasteiger partial charge is 0.490 e. The smallest absolute Gasteiger partial charge is 0.338 e. The molecule has 2 rings (SSSR count). The first kappa shape index (κ1) is 27.1. The minimum absolute atomic E-state index is 0.0713. The van der Waals surface area contributed by atoms with Crippen molar-refractivity contribution in [2.24, 2.45) is 0 Å². The quantitative estimate of drug-likeness (QED) is 0.184. The Morgan fingerprint density at radius 3 is 1.80 bits per heavy atom. The molecule has 184 valence electrons. The molecule has 7 heteroatoms. The van der Waals surface area contributed by atoms with Crippen molar-refractivity contribution in [3.63, 3.8) is 0 Å². The van der Waals surface area contributed by atoms with Crippen LogP contribution in [-0.4, -0.2) is 37.7 Å². The molecule has 0 unspecified atom stereocenters. The highest BCUT2D eigenvalue weighted by atomic mass is 16.6. The maximum atomic E-state index is 11.7. The number of ether oxygens (including phenoxy) is 4. The molecular weight excluding hydrogens is 448 g/mol. The summed E-state index contributed by atoms with van der Waals surface area (Å²) in [4.78, 5) is 35.0. The van der Waals surface area contributed by atoms with Crippen LogP contribution in [0.1, 0.15) is 26.3 Å². The predicted molar refractivity (Wildman–Crippen MR) is 133 cm³/mol. The first-order valence-electron chi connectivity index (χ1n) is 11.0. The third-order valence-electron chi connectivity index (χ3n) is 4.68. The van der Waals surface area contributed by atoms with Gasteiger partial charge in [0.05, 0.1) is 6.61 Å². The second-order valence-corrected chi connectivity index (χ2v) is 7.95. The molecule has 0 bridgehead atoms. The number of carbonyl (C=O) groups excluding carboxylic acids is 3. The second kappa shape index (κ2) is 12.9. The van der Waals surface area contributed by atoms with E-state index in [4.69, 9.17) is 18.9 Å². The number of esters is 3. The molecule has 0 amide bonds. The van der Waals surface area contributed by atoms with Crippen LogP contribution < -0.4 is 9.47 Å². The monoisotopic (exact) mass is 478 g/mol. The second-order valence-electron chi connectivity index (χ2n) is 7.95. The Bertz CT molecular complexity index is 1130. The Kier molecular flexibility index (Phi) is 10.0. The lowest BCUT2D eigenvalue weighted by Gasteiger charge is -2.14. The molecule has 35 heavy (non-hydrogen) atoms. The molecule has 2 aromatic rings. The molecule has 0 aliphatic carbocycles. The van der Waals surface area contributed by atoms with E-state index in [1.165, 1.54) is 0 Å². The fraction of sp³-hybridized carbons (Fsp3) is 0.250. The summed E-state index contributed by atoms with van der Waals surface area (Å²) in [5.74, 6) is -0.431. The summed E-state index contributed by atoms with van der Waals surface area (Å²) in [7, 11) is 0. The van der Waals surface area contributed by atoms with Gasteiger partial charge in [-0.15, -0.1) is 0 Å². The highest BCUT2D eigenvalue weighted by Gasteiger charge is 2.11. The Morgan fingerprint density at radius 1 is 0.686 bits per heavy atom. The Labute approximate surface area is 205 Å². The van der Waals surface area contributed by atoms with E-state index in [0.29, 0.717) is 34.6 Å². The number of carbonyl (C=O) groups is 3. The molecule has 0 aliphatic heterocycles. The molecule has 0 spiro atoms. The highest BCUT2D eigenvalue weighted by Crippen LogP contribution is 2.29. The van der Waals surface area contributed by atoms with Crippen molar-refractivity contribution in [3.8, 4) is 22.6 Å². The van der Waals surface area contributed by atoms with Crippen molar-refractivity contribution in [1.29, 1.82) is 0 Å². The van der Waals surface area contributed by atoms with Gasteiger partial charge in [-0.3, -0.25) is 0 Å². The molecule has 0 saturated heterocycles. The van der Waals surface area contributed by atoms with E-state index in [0.717, 1.165) is 16.7 Å². The number of hydrogen-bond donors (Lipinski definition) is 0. The zero-order valence-electron chi connectivity index (χ0n) is 20.3. The van der Waals surface area contributed by atoms with Crippen LogP contribution in [0.4, 0.5) is 0 Å². The standard InChI is InChI=1S/C28H30O7/c1-18(2)26(29)33-14-13-23-17-22(9-12-25(23)32-15-16-34-27(30)19(3)4)21-7-10-24(11-8-21)35-28(31)20(5)6/h7-12,17H,1,3,5,13-16H2,2,4,6H3. The van der Waals surface area contributed by atoms with Gasteiger partial charge in [-0.25, -0.2) is 14.4 Å². The minimum Gasteiger partial charge on any atom is -0.490 e. The zero-order chi connectivity index (χ0) is 26.0. The van der Waals surface area contributed by atoms with E-state index in [1.807, 2.05) is 24.3 Å². The average molecular weight is 479 g/mol. The summed E-state index contributed by atoms with van der Waals surface area (Å²) in [5, 5.41) is 0. The third kappa shape index (κ3) is 8.62. The normalized spacial score (nSPS) is 10.1. The molecule has 0 radical (unpaired) electrons. The molecule has 2 aromatic carbocycles. The first-order chi connectivity index (χ1) is 16.6. The summed E-state index contributed by atoms with van der Waals surface area (Å²) in [6.07, 6.45) is 0.405. The molecule has 0 saturated carbocycles. The van der Waals surface area contributed by atoms with Crippen LogP contribution >= 0.6 is 0 Å². The van der Waals surface area contributed by atoms with E-state index in [9.17, 15) is 14.4 Å². The summed E-state index contributed by atoms with van der Waals surface area (Å²) < 4.78 is 21.4. The van der Waals surface area contributed by atoms with Crippen LogP contribution in [0.5, 0.6) is 11.5 Å². The SMILES string of the molecule is C=C(C)C(=O)OCCOc1ccc(-c2ccc(OC(=O)C(=C)C)cc2)cc1CCOC(=O)C(=C)C. The highest BCUT2D eigenvalue weighted by molar-refractivity contribution is 5.89.